The number of aryl methyl sites for hydroxylation is 1. The highest BCUT2D eigenvalue weighted by atomic mass is 35.5. The van der Waals surface area contributed by atoms with Gasteiger partial charge in [-0.15, -0.1) is 0 Å². The average molecular weight is 368 g/mol. The molecule has 3 aromatic rings. The Kier molecular flexibility index (Phi) is 5.68. The van der Waals surface area contributed by atoms with Gasteiger partial charge in [-0.3, -0.25) is 4.98 Å². The van der Waals surface area contributed by atoms with Crippen molar-refractivity contribution >= 4 is 29.1 Å². The SMILES string of the molecule is CC[C@H](C)Nc1nc(Nc2cc(Cl)ccc2C)cc(-c2ccccn2)n1. The third-order valence-corrected chi connectivity index (χ3v) is 4.34. The minimum Gasteiger partial charge on any atom is -0.352 e. The second kappa shape index (κ2) is 8.15. The monoisotopic (exact) mass is 367 g/mol. The van der Waals surface area contributed by atoms with Gasteiger partial charge in [0.15, 0.2) is 0 Å². The number of rotatable bonds is 6. The lowest BCUT2D eigenvalue weighted by Gasteiger charge is -2.15. The van der Waals surface area contributed by atoms with E-state index in [-0.39, 0.29) is 6.04 Å². The Hall–Kier alpha value is -2.66. The third-order valence-electron chi connectivity index (χ3n) is 4.10. The number of halogens is 1. The number of nitrogens with zero attached hydrogens (tertiary/aromatic N) is 3. The van der Waals surface area contributed by atoms with Crippen molar-refractivity contribution in [3.05, 3.63) is 59.2 Å². The van der Waals surface area contributed by atoms with Crippen LogP contribution in [0.3, 0.4) is 0 Å². The molecule has 2 aromatic heterocycles. The first-order chi connectivity index (χ1) is 12.5. The Balaban J connectivity index is 2.00. The lowest BCUT2D eigenvalue weighted by atomic mass is 10.2. The lowest BCUT2D eigenvalue weighted by Crippen LogP contribution is -2.16. The van der Waals surface area contributed by atoms with Crippen LogP contribution in [0.1, 0.15) is 25.8 Å². The first kappa shape index (κ1) is 18.1. The molecule has 1 aromatic carbocycles. The first-order valence-corrected chi connectivity index (χ1v) is 9.03. The van der Waals surface area contributed by atoms with Crippen molar-refractivity contribution in [2.24, 2.45) is 0 Å². The molecule has 2 heterocycles. The van der Waals surface area contributed by atoms with Crippen molar-refractivity contribution < 1.29 is 0 Å². The van der Waals surface area contributed by atoms with Gasteiger partial charge in [0.25, 0.3) is 0 Å². The lowest BCUT2D eigenvalue weighted by molar-refractivity contribution is 0.753. The van der Waals surface area contributed by atoms with E-state index in [0.717, 1.165) is 29.1 Å². The molecule has 0 saturated heterocycles. The van der Waals surface area contributed by atoms with Crippen molar-refractivity contribution in [2.75, 3.05) is 10.6 Å². The molecule has 26 heavy (non-hydrogen) atoms. The topological polar surface area (TPSA) is 62.7 Å². The van der Waals surface area contributed by atoms with Crippen LogP contribution < -0.4 is 10.6 Å². The van der Waals surface area contributed by atoms with Gasteiger partial charge in [0, 0.05) is 29.0 Å². The normalized spacial score (nSPS) is 11.8. The summed E-state index contributed by atoms with van der Waals surface area (Å²) in [6.07, 6.45) is 2.74. The molecule has 5 nitrogen and oxygen atoms in total. The van der Waals surface area contributed by atoms with Crippen LogP contribution in [0.2, 0.25) is 5.02 Å². The van der Waals surface area contributed by atoms with Crippen LogP contribution >= 0.6 is 11.6 Å². The van der Waals surface area contributed by atoms with E-state index in [9.17, 15) is 0 Å². The number of pyridine rings is 1. The molecule has 0 bridgehead atoms. The molecule has 0 radical (unpaired) electrons. The van der Waals surface area contributed by atoms with Crippen LogP contribution in [-0.4, -0.2) is 21.0 Å². The highest BCUT2D eigenvalue weighted by Gasteiger charge is 2.10. The summed E-state index contributed by atoms with van der Waals surface area (Å²) in [4.78, 5) is 13.6. The highest BCUT2D eigenvalue weighted by Crippen LogP contribution is 2.26. The van der Waals surface area contributed by atoms with Gasteiger partial charge in [0.1, 0.15) is 5.82 Å². The molecular weight excluding hydrogens is 346 g/mol. The first-order valence-electron chi connectivity index (χ1n) is 8.65. The zero-order valence-corrected chi connectivity index (χ0v) is 15.9. The van der Waals surface area contributed by atoms with Gasteiger partial charge in [0.2, 0.25) is 5.95 Å². The summed E-state index contributed by atoms with van der Waals surface area (Å²) >= 11 is 6.13. The number of anilines is 3. The summed E-state index contributed by atoms with van der Waals surface area (Å²) in [7, 11) is 0. The summed E-state index contributed by atoms with van der Waals surface area (Å²) in [6.45, 7) is 6.25. The molecule has 3 rings (SSSR count). The molecule has 0 aliphatic rings. The van der Waals surface area contributed by atoms with Crippen LogP contribution in [0, 0.1) is 6.92 Å². The Morgan fingerprint density at radius 2 is 1.92 bits per heavy atom. The number of nitrogens with one attached hydrogen (secondary N) is 2. The molecule has 0 fully saturated rings. The largest absolute Gasteiger partial charge is 0.352 e. The van der Waals surface area contributed by atoms with Gasteiger partial charge in [-0.05, 0) is 50.1 Å². The number of hydrogen-bond acceptors (Lipinski definition) is 5. The van der Waals surface area contributed by atoms with Gasteiger partial charge in [-0.25, -0.2) is 4.98 Å². The Bertz CT molecular complexity index is 883. The highest BCUT2D eigenvalue weighted by molar-refractivity contribution is 6.30. The molecule has 0 aliphatic carbocycles. The molecule has 0 unspecified atom stereocenters. The van der Waals surface area contributed by atoms with Gasteiger partial charge in [0.05, 0.1) is 11.4 Å². The molecule has 0 amide bonds. The minimum atomic E-state index is 0.273. The van der Waals surface area contributed by atoms with Crippen LogP contribution in [0.15, 0.2) is 48.7 Å². The average Bonchev–Trinajstić information content (AvgIpc) is 2.65. The van der Waals surface area contributed by atoms with Crippen LogP contribution in [0.4, 0.5) is 17.5 Å². The van der Waals surface area contributed by atoms with Crippen molar-refractivity contribution in [1.29, 1.82) is 0 Å². The molecule has 1 atom stereocenters. The Morgan fingerprint density at radius 1 is 1.08 bits per heavy atom. The Morgan fingerprint density at radius 3 is 2.65 bits per heavy atom. The number of benzene rings is 1. The number of hydrogen-bond donors (Lipinski definition) is 2. The van der Waals surface area contributed by atoms with Crippen LogP contribution in [-0.2, 0) is 0 Å². The fraction of sp³-hybridized carbons (Fsp3) is 0.250. The molecule has 134 valence electrons. The van der Waals surface area contributed by atoms with E-state index in [0.29, 0.717) is 16.8 Å². The van der Waals surface area contributed by atoms with Crippen molar-refractivity contribution in [1.82, 2.24) is 15.0 Å². The maximum absolute atomic E-state index is 6.13. The standard InChI is InChI=1S/C20H22ClN5/c1-4-14(3)23-20-25-18(16-7-5-6-10-22-16)12-19(26-20)24-17-11-15(21)9-8-13(17)2/h5-12,14H,4H2,1-3H3,(H2,23,24,25,26)/t14-/m0/s1. The zero-order chi connectivity index (χ0) is 18.5. The van der Waals surface area contributed by atoms with Gasteiger partial charge in [-0.2, -0.15) is 4.98 Å². The fourth-order valence-electron chi connectivity index (χ4n) is 2.41. The Labute approximate surface area is 158 Å². The maximum atomic E-state index is 6.13. The second-order valence-corrected chi connectivity index (χ2v) is 6.65. The van der Waals surface area contributed by atoms with Crippen LogP contribution in [0.25, 0.3) is 11.4 Å². The predicted octanol–water partition coefficient (Wildman–Crippen LogP) is 5.45. The van der Waals surface area contributed by atoms with E-state index in [2.05, 4.69) is 39.4 Å². The molecule has 0 spiro atoms. The van der Waals surface area contributed by atoms with Crippen LogP contribution in [0.5, 0.6) is 0 Å². The van der Waals surface area contributed by atoms with Crippen molar-refractivity contribution in [3.63, 3.8) is 0 Å². The van der Waals surface area contributed by atoms with Crippen molar-refractivity contribution in [2.45, 2.75) is 33.2 Å². The zero-order valence-electron chi connectivity index (χ0n) is 15.1. The summed E-state index contributed by atoms with van der Waals surface area (Å²) in [5.41, 5.74) is 3.56. The molecule has 0 saturated carbocycles. The summed E-state index contributed by atoms with van der Waals surface area (Å²) in [6, 6.07) is 13.7. The predicted molar refractivity (Wildman–Crippen MR) is 108 cm³/mol. The van der Waals surface area contributed by atoms with E-state index in [1.54, 1.807) is 6.20 Å². The molecule has 0 aliphatic heterocycles. The van der Waals surface area contributed by atoms with Crippen molar-refractivity contribution in [3.8, 4) is 11.4 Å². The smallest absolute Gasteiger partial charge is 0.225 e. The van der Waals surface area contributed by atoms with E-state index in [4.69, 9.17) is 11.6 Å². The summed E-state index contributed by atoms with van der Waals surface area (Å²) in [5.74, 6) is 1.27. The van der Waals surface area contributed by atoms with E-state index < -0.39 is 0 Å². The molecule has 6 heteroatoms. The van der Waals surface area contributed by atoms with Gasteiger partial charge in [-0.1, -0.05) is 30.7 Å². The maximum Gasteiger partial charge on any atom is 0.225 e. The fourth-order valence-corrected chi connectivity index (χ4v) is 2.58. The van der Waals surface area contributed by atoms with E-state index in [1.165, 1.54) is 0 Å². The molecule has 2 N–H and O–H groups in total. The molecular formula is C20H22ClN5. The quantitative estimate of drug-likeness (QED) is 0.606. The summed E-state index contributed by atoms with van der Waals surface area (Å²) in [5, 5.41) is 7.37. The van der Waals surface area contributed by atoms with E-state index >= 15 is 0 Å². The van der Waals surface area contributed by atoms with Gasteiger partial charge >= 0.3 is 0 Å². The summed E-state index contributed by atoms with van der Waals surface area (Å²) < 4.78 is 0. The second-order valence-electron chi connectivity index (χ2n) is 6.21. The minimum absolute atomic E-state index is 0.273. The number of aromatic nitrogens is 3. The third kappa shape index (κ3) is 4.49. The van der Waals surface area contributed by atoms with Gasteiger partial charge < -0.3 is 10.6 Å². The van der Waals surface area contributed by atoms with E-state index in [1.807, 2.05) is 49.4 Å².